The Morgan fingerprint density at radius 2 is 1.89 bits per heavy atom. The van der Waals surface area contributed by atoms with Gasteiger partial charge in [0.25, 0.3) is 0 Å². The molecular formula is C25H41N2O7P. The highest BCUT2D eigenvalue weighted by Gasteiger charge is 2.57. The fourth-order valence-corrected chi connectivity index (χ4v) is 5.30. The number of phenolic OH excluding ortho intramolecular Hbond substituents is 1. The van der Waals surface area contributed by atoms with E-state index in [2.05, 4.69) is 19.6 Å². The van der Waals surface area contributed by atoms with Gasteiger partial charge in [0.15, 0.2) is 5.60 Å². The van der Waals surface area contributed by atoms with Gasteiger partial charge in [0.05, 0.1) is 0 Å². The molecular weight excluding hydrogens is 471 g/mol. The van der Waals surface area contributed by atoms with Crippen LogP contribution in [0.4, 0.5) is 0 Å². The molecule has 0 bridgehead atoms. The van der Waals surface area contributed by atoms with Crippen LogP contribution < -0.4 is 17.0 Å². The Balaban J connectivity index is 0.00000306. The van der Waals surface area contributed by atoms with E-state index in [4.69, 9.17) is 9.26 Å². The first-order valence-electron chi connectivity index (χ1n) is 11.6. The second-order valence-corrected chi connectivity index (χ2v) is 10.6. The number of phenols is 1. The molecule has 1 aromatic rings. The first-order chi connectivity index (χ1) is 15.5. The van der Waals surface area contributed by atoms with Crippen molar-refractivity contribution < 1.29 is 33.5 Å². The summed E-state index contributed by atoms with van der Waals surface area (Å²) in [6.45, 7) is 10.2. The van der Waals surface area contributed by atoms with Crippen LogP contribution in [0.15, 0.2) is 35.9 Å². The highest BCUT2D eigenvalue weighted by Crippen LogP contribution is 2.53. The van der Waals surface area contributed by atoms with Crippen LogP contribution in [-0.4, -0.2) is 26.5 Å². The molecule has 0 saturated heterocycles. The number of unbranched alkanes of at least 4 members (excludes halogenated alkanes) is 2. The quantitative estimate of drug-likeness (QED) is 0.0823. The number of hydrogen-bond acceptors (Lipinski definition) is 7. The van der Waals surface area contributed by atoms with Gasteiger partial charge in [-0.1, -0.05) is 43.6 Å². The number of rotatable bonds is 10. The van der Waals surface area contributed by atoms with Crippen molar-refractivity contribution in [3.05, 3.63) is 47.1 Å². The molecule has 0 spiro atoms. The minimum Gasteiger partial charge on any atom is -0.507 e. The Kier molecular flexibility index (Phi) is 10.9. The number of allylic oxidation sites excluding steroid dienone is 3. The smallest absolute Gasteiger partial charge is 0.470 e. The van der Waals surface area contributed by atoms with E-state index in [0.29, 0.717) is 5.56 Å². The van der Waals surface area contributed by atoms with Gasteiger partial charge < -0.3 is 31.9 Å². The standard InChI is InChI=1S/C25H35O7P.2H3N/c1-5-6-7-8-18-14-21(26)23(20-13-17(4)9-10-19(20)16(2)3)22(15-18)31-24(27)25(11-12-25)32-33(28,29)30;;/h13-15,19-20,26H,2,5-12H2,1,3-4H3,(H2,28,29,30);2*1H3/t19-,20+;;/m0../s1. The number of carbonyl (C=O) groups excluding carboxylic acids is 1. The minimum atomic E-state index is -4.86. The second kappa shape index (κ2) is 12.3. The highest BCUT2D eigenvalue weighted by atomic mass is 31.2. The van der Waals surface area contributed by atoms with Crippen LogP contribution in [0.2, 0.25) is 0 Å². The van der Waals surface area contributed by atoms with E-state index in [9.17, 15) is 24.3 Å². The molecule has 35 heavy (non-hydrogen) atoms. The molecule has 1 saturated carbocycles. The van der Waals surface area contributed by atoms with E-state index >= 15 is 0 Å². The summed E-state index contributed by atoms with van der Waals surface area (Å²) in [5, 5.41) is 11.1. The molecule has 10 heteroatoms. The molecule has 1 fully saturated rings. The third-order valence-electron chi connectivity index (χ3n) is 6.54. The minimum absolute atomic E-state index is 0. The van der Waals surface area contributed by atoms with Gasteiger partial charge in [-0.15, -0.1) is 0 Å². The Morgan fingerprint density at radius 3 is 2.43 bits per heavy atom. The molecule has 9 N–H and O–H groups in total. The third kappa shape index (κ3) is 7.74. The van der Waals surface area contributed by atoms with E-state index in [1.807, 2.05) is 13.8 Å². The summed E-state index contributed by atoms with van der Waals surface area (Å²) in [4.78, 5) is 31.4. The molecule has 2 aliphatic carbocycles. The zero-order chi connectivity index (χ0) is 24.4. The number of phosphoric ester groups is 1. The topological polar surface area (TPSA) is 183 Å². The van der Waals surface area contributed by atoms with Crippen molar-refractivity contribution in [1.82, 2.24) is 12.3 Å². The number of aryl methyl sites for hydroxylation is 1. The third-order valence-corrected chi connectivity index (χ3v) is 7.12. The summed E-state index contributed by atoms with van der Waals surface area (Å²) in [6, 6.07) is 3.50. The maximum Gasteiger partial charge on any atom is 0.470 e. The van der Waals surface area contributed by atoms with Crippen molar-refractivity contribution in [2.24, 2.45) is 5.92 Å². The second-order valence-electron chi connectivity index (χ2n) is 9.48. The lowest BCUT2D eigenvalue weighted by molar-refractivity contribution is -0.145. The maximum absolute atomic E-state index is 13.0. The first-order valence-corrected chi connectivity index (χ1v) is 13.2. The zero-order valence-corrected chi connectivity index (χ0v) is 22.0. The van der Waals surface area contributed by atoms with Gasteiger partial charge in [-0.2, -0.15) is 0 Å². The summed E-state index contributed by atoms with van der Waals surface area (Å²) >= 11 is 0. The number of esters is 1. The Morgan fingerprint density at radius 1 is 1.23 bits per heavy atom. The van der Waals surface area contributed by atoms with E-state index in [-0.39, 0.29) is 48.5 Å². The molecule has 198 valence electrons. The van der Waals surface area contributed by atoms with Gasteiger partial charge in [0.2, 0.25) is 0 Å². The molecule has 3 rings (SSSR count). The number of phosphoric acid groups is 1. The summed E-state index contributed by atoms with van der Waals surface area (Å²) < 4.78 is 21.9. The van der Waals surface area contributed by atoms with E-state index in [1.165, 1.54) is 5.57 Å². The van der Waals surface area contributed by atoms with Crippen LogP contribution in [0.5, 0.6) is 11.5 Å². The molecule has 0 aliphatic heterocycles. The van der Waals surface area contributed by atoms with E-state index in [0.717, 1.165) is 49.7 Å². The molecule has 1 aromatic carbocycles. The van der Waals surface area contributed by atoms with Crippen molar-refractivity contribution in [3.8, 4) is 11.5 Å². The van der Waals surface area contributed by atoms with Crippen LogP contribution in [0, 0.1) is 5.92 Å². The average Bonchev–Trinajstić information content (AvgIpc) is 3.46. The van der Waals surface area contributed by atoms with Crippen molar-refractivity contribution in [2.45, 2.75) is 83.7 Å². The van der Waals surface area contributed by atoms with Crippen molar-refractivity contribution >= 4 is 13.8 Å². The van der Waals surface area contributed by atoms with Gasteiger partial charge in [-0.05, 0) is 76.0 Å². The molecule has 2 atom stereocenters. The molecule has 0 aromatic heterocycles. The van der Waals surface area contributed by atoms with Crippen LogP contribution in [0.3, 0.4) is 0 Å². The molecule has 0 unspecified atom stereocenters. The molecule has 0 amide bonds. The summed E-state index contributed by atoms with van der Waals surface area (Å²) in [5.74, 6) is -0.726. The number of benzene rings is 1. The lowest BCUT2D eigenvalue weighted by atomic mass is 9.73. The fourth-order valence-electron chi connectivity index (χ4n) is 4.58. The van der Waals surface area contributed by atoms with Crippen LogP contribution in [-0.2, 0) is 20.3 Å². The summed E-state index contributed by atoms with van der Waals surface area (Å²) in [7, 11) is -4.86. The normalized spacial score (nSPS) is 20.7. The number of hydrogen-bond donors (Lipinski definition) is 5. The summed E-state index contributed by atoms with van der Waals surface area (Å²) in [5.41, 5.74) is 1.87. The van der Waals surface area contributed by atoms with Crippen molar-refractivity contribution in [1.29, 1.82) is 0 Å². The number of aromatic hydroxyl groups is 1. The predicted octanol–water partition coefficient (Wildman–Crippen LogP) is 6.01. The summed E-state index contributed by atoms with van der Waals surface area (Å²) in [6.07, 6.45) is 7.99. The number of carbonyl (C=O) groups is 1. The van der Waals surface area contributed by atoms with Gasteiger partial charge in [-0.25, -0.2) is 9.36 Å². The molecule has 9 nitrogen and oxygen atoms in total. The fraction of sp³-hybridized carbons (Fsp3) is 0.560. The van der Waals surface area contributed by atoms with Crippen LogP contribution in [0.1, 0.15) is 82.8 Å². The van der Waals surface area contributed by atoms with Gasteiger partial charge in [-0.3, -0.25) is 4.52 Å². The lowest BCUT2D eigenvalue weighted by Crippen LogP contribution is -2.30. The highest BCUT2D eigenvalue weighted by molar-refractivity contribution is 7.46. The van der Waals surface area contributed by atoms with Gasteiger partial charge >= 0.3 is 13.8 Å². The largest absolute Gasteiger partial charge is 0.507 e. The Labute approximate surface area is 208 Å². The van der Waals surface area contributed by atoms with E-state index < -0.39 is 19.4 Å². The Bertz CT molecular complexity index is 998. The van der Waals surface area contributed by atoms with Gasteiger partial charge in [0.1, 0.15) is 11.5 Å². The van der Waals surface area contributed by atoms with Crippen LogP contribution in [0.25, 0.3) is 0 Å². The SMILES string of the molecule is C=C(C)[C@@H]1CCC(C)=C[C@H]1c1c(O)cc(CCCCC)cc1OC(=O)C1(OP(=O)(O)O)CC1.N.N. The first kappa shape index (κ1) is 31.0. The number of ether oxygens (including phenoxy) is 1. The monoisotopic (exact) mass is 512 g/mol. The zero-order valence-electron chi connectivity index (χ0n) is 21.1. The van der Waals surface area contributed by atoms with E-state index in [1.54, 1.807) is 12.1 Å². The Hall–Kier alpha value is -2.00. The molecule has 0 radical (unpaired) electrons. The molecule has 0 heterocycles. The molecule has 2 aliphatic rings. The average molecular weight is 513 g/mol. The van der Waals surface area contributed by atoms with Gasteiger partial charge in [0, 0.05) is 11.5 Å². The van der Waals surface area contributed by atoms with Crippen LogP contribution >= 0.6 is 7.82 Å². The van der Waals surface area contributed by atoms with Crippen molar-refractivity contribution in [3.63, 3.8) is 0 Å². The lowest BCUT2D eigenvalue weighted by Gasteiger charge is -2.32. The maximum atomic E-state index is 13.0. The predicted molar refractivity (Wildman–Crippen MR) is 136 cm³/mol. The van der Waals surface area contributed by atoms with Crippen molar-refractivity contribution in [2.75, 3.05) is 0 Å².